The van der Waals surface area contributed by atoms with Crippen molar-refractivity contribution in [1.82, 2.24) is 14.5 Å². The SMILES string of the molecule is CCCN1CCc2c(c(-c3cn(C)c4ccccc34)nc3ccc4ccccc4c23)C1. The highest BCUT2D eigenvalue weighted by Crippen LogP contribution is 2.39. The van der Waals surface area contributed by atoms with Gasteiger partial charge >= 0.3 is 0 Å². The van der Waals surface area contributed by atoms with Gasteiger partial charge in [0.15, 0.2) is 0 Å². The quantitative estimate of drug-likeness (QED) is 0.328. The summed E-state index contributed by atoms with van der Waals surface area (Å²) in [5.41, 5.74) is 7.70. The van der Waals surface area contributed by atoms with Crippen LogP contribution < -0.4 is 0 Å². The smallest absolute Gasteiger partial charge is 0.0779 e. The summed E-state index contributed by atoms with van der Waals surface area (Å²) in [6.07, 6.45) is 4.53. The first-order valence-electron chi connectivity index (χ1n) is 11.3. The highest BCUT2D eigenvalue weighted by atomic mass is 15.1. The van der Waals surface area contributed by atoms with Crippen LogP contribution in [0.5, 0.6) is 0 Å². The molecule has 3 heterocycles. The van der Waals surface area contributed by atoms with Gasteiger partial charge in [0, 0.05) is 48.2 Å². The van der Waals surface area contributed by atoms with Crippen molar-refractivity contribution >= 4 is 32.6 Å². The van der Waals surface area contributed by atoms with E-state index in [9.17, 15) is 0 Å². The van der Waals surface area contributed by atoms with Crippen molar-refractivity contribution in [3.8, 4) is 11.3 Å². The summed E-state index contributed by atoms with van der Waals surface area (Å²) >= 11 is 0. The topological polar surface area (TPSA) is 21.1 Å². The second-order valence-electron chi connectivity index (χ2n) is 8.80. The van der Waals surface area contributed by atoms with Gasteiger partial charge in [-0.2, -0.15) is 0 Å². The van der Waals surface area contributed by atoms with Crippen molar-refractivity contribution in [2.75, 3.05) is 13.1 Å². The van der Waals surface area contributed by atoms with E-state index in [1.54, 1.807) is 0 Å². The third-order valence-electron chi connectivity index (χ3n) is 6.84. The van der Waals surface area contributed by atoms with Crippen LogP contribution in [0.25, 0.3) is 43.8 Å². The van der Waals surface area contributed by atoms with E-state index >= 15 is 0 Å². The summed E-state index contributed by atoms with van der Waals surface area (Å²) in [5, 5.41) is 5.27. The van der Waals surface area contributed by atoms with Crippen LogP contribution in [0.2, 0.25) is 0 Å². The number of benzene rings is 3. The Balaban J connectivity index is 1.70. The number of aryl methyl sites for hydroxylation is 1. The first-order chi connectivity index (χ1) is 15.2. The van der Waals surface area contributed by atoms with Gasteiger partial charge in [-0.3, -0.25) is 4.90 Å². The molecule has 0 radical (unpaired) electrons. The Labute approximate surface area is 182 Å². The standard InChI is InChI=1S/C28H27N3/c1-3-15-31-16-14-22-24(18-31)28(23-17-30(2)26-11-7-6-10-21(23)26)29-25-13-12-19-8-4-5-9-20(19)27(22)25/h4-13,17H,3,14-16,18H2,1-2H3. The molecule has 0 saturated heterocycles. The zero-order chi connectivity index (χ0) is 20.9. The van der Waals surface area contributed by atoms with Gasteiger partial charge in [0.2, 0.25) is 0 Å². The molecule has 0 atom stereocenters. The Kier molecular flexibility index (Phi) is 4.32. The average molecular weight is 406 g/mol. The molecule has 3 heteroatoms. The number of hydrogen-bond donors (Lipinski definition) is 0. The molecule has 1 aliphatic rings. The van der Waals surface area contributed by atoms with Crippen LogP contribution in [0, 0.1) is 0 Å². The van der Waals surface area contributed by atoms with Crippen LogP contribution in [-0.4, -0.2) is 27.5 Å². The maximum absolute atomic E-state index is 5.33. The molecular formula is C28H27N3. The summed E-state index contributed by atoms with van der Waals surface area (Å²) in [4.78, 5) is 7.92. The molecule has 0 saturated carbocycles. The maximum Gasteiger partial charge on any atom is 0.0779 e. The molecule has 2 aromatic heterocycles. The number of para-hydroxylation sites is 1. The molecular weight excluding hydrogens is 378 g/mol. The van der Waals surface area contributed by atoms with Crippen molar-refractivity contribution in [3.63, 3.8) is 0 Å². The Bertz CT molecular complexity index is 1440. The van der Waals surface area contributed by atoms with Crippen molar-refractivity contribution in [1.29, 1.82) is 0 Å². The lowest BCUT2D eigenvalue weighted by Gasteiger charge is -2.31. The van der Waals surface area contributed by atoms with E-state index in [-0.39, 0.29) is 0 Å². The number of pyridine rings is 1. The Morgan fingerprint density at radius 3 is 2.58 bits per heavy atom. The zero-order valence-corrected chi connectivity index (χ0v) is 18.2. The molecule has 0 N–H and O–H groups in total. The Morgan fingerprint density at radius 2 is 1.71 bits per heavy atom. The van der Waals surface area contributed by atoms with E-state index in [0.717, 1.165) is 37.3 Å². The predicted octanol–water partition coefficient (Wildman–Crippen LogP) is 6.31. The van der Waals surface area contributed by atoms with Crippen LogP contribution in [0.1, 0.15) is 24.5 Å². The Morgan fingerprint density at radius 1 is 0.903 bits per heavy atom. The fourth-order valence-corrected chi connectivity index (χ4v) is 5.43. The van der Waals surface area contributed by atoms with Gasteiger partial charge in [0.05, 0.1) is 11.2 Å². The average Bonchev–Trinajstić information content (AvgIpc) is 3.15. The molecule has 0 bridgehead atoms. The molecule has 6 rings (SSSR count). The highest BCUT2D eigenvalue weighted by Gasteiger charge is 2.25. The maximum atomic E-state index is 5.33. The molecule has 0 fully saturated rings. The normalized spacial score (nSPS) is 14.5. The second kappa shape index (κ2) is 7.21. The lowest BCUT2D eigenvalue weighted by atomic mass is 9.89. The largest absolute Gasteiger partial charge is 0.350 e. The van der Waals surface area contributed by atoms with E-state index < -0.39 is 0 Å². The monoisotopic (exact) mass is 405 g/mol. The molecule has 0 aliphatic carbocycles. The van der Waals surface area contributed by atoms with Gasteiger partial charge in [-0.05, 0) is 53.4 Å². The van der Waals surface area contributed by atoms with E-state index in [4.69, 9.17) is 4.98 Å². The summed E-state index contributed by atoms with van der Waals surface area (Å²) < 4.78 is 2.23. The molecule has 31 heavy (non-hydrogen) atoms. The van der Waals surface area contributed by atoms with E-state index in [2.05, 4.69) is 90.3 Å². The van der Waals surface area contributed by atoms with Gasteiger partial charge in [0.25, 0.3) is 0 Å². The van der Waals surface area contributed by atoms with Crippen molar-refractivity contribution < 1.29 is 0 Å². The fraction of sp³-hybridized carbons (Fsp3) is 0.250. The minimum Gasteiger partial charge on any atom is -0.350 e. The van der Waals surface area contributed by atoms with Crippen molar-refractivity contribution in [3.05, 3.63) is 78.0 Å². The summed E-state index contributed by atoms with van der Waals surface area (Å²) in [6, 6.07) is 21.9. The number of hydrogen-bond acceptors (Lipinski definition) is 2. The first-order valence-corrected chi connectivity index (χ1v) is 11.3. The molecule has 1 aliphatic heterocycles. The van der Waals surface area contributed by atoms with Gasteiger partial charge in [-0.15, -0.1) is 0 Å². The second-order valence-corrected chi connectivity index (χ2v) is 8.80. The molecule has 5 aromatic rings. The Hall–Kier alpha value is -3.17. The molecule has 154 valence electrons. The van der Waals surface area contributed by atoms with Crippen LogP contribution in [-0.2, 0) is 20.0 Å². The fourth-order valence-electron chi connectivity index (χ4n) is 5.43. The number of aromatic nitrogens is 2. The third kappa shape index (κ3) is 2.88. The van der Waals surface area contributed by atoms with Crippen LogP contribution in [0.15, 0.2) is 66.9 Å². The number of nitrogens with zero attached hydrogens (tertiary/aromatic N) is 3. The van der Waals surface area contributed by atoms with E-state index in [0.29, 0.717) is 0 Å². The number of rotatable bonds is 3. The highest BCUT2D eigenvalue weighted by molar-refractivity contribution is 6.09. The zero-order valence-electron chi connectivity index (χ0n) is 18.2. The van der Waals surface area contributed by atoms with Crippen molar-refractivity contribution in [2.45, 2.75) is 26.3 Å². The van der Waals surface area contributed by atoms with Crippen LogP contribution in [0.4, 0.5) is 0 Å². The van der Waals surface area contributed by atoms with Crippen molar-refractivity contribution in [2.24, 2.45) is 7.05 Å². The van der Waals surface area contributed by atoms with Gasteiger partial charge in [-0.25, -0.2) is 4.98 Å². The van der Waals surface area contributed by atoms with Gasteiger partial charge in [-0.1, -0.05) is 55.5 Å². The third-order valence-corrected chi connectivity index (χ3v) is 6.84. The van der Waals surface area contributed by atoms with Crippen LogP contribution >= 0.6 is 0 Å². The van der Waals surface area contributed by atoms with Crippen LogP contribution in [0.3, 0.4) is 0 Å². The van der Waals surface area contributed by atoms with Gasteiger partial charge < -0.3 is 4.57 Å². The summed E-state index contributed by atoms with van der Waals surface area (Å²) in [7, 11) is 2.14. The van der Waals surface area contributed by atoms with Gasteiger partial charge in [0.1, 0.15) is 0 Å². The molecule has 0 amide bonds. The molecule has 0 unspecified atom stereocenters. The lowest BCUT2D eigenvalue weighted by Crippen LogP contribution is -2.32. The number of fused-ring (bicyclic) bond motifs is 6. The minimum atomic E-state index is 0.980. The molecule has 3 nitrogen and oxygen atoms in total. The first kappa shape index (κ1) is 18.6. The predicted molar refractivity (Wildman–Crippen MR) is 130 cm³/mol. The molecule has 3 aromatic carbocycles. The summed E-state index contributed by atoms with van der Waals surface area (Å²) in [6.45, 7) is 5.52. The lowest BCUT2D eigenvalue weighted by molar-refractivity contribution is 0.255. The summed E-state index contributed by atoms with van der Waals surface area (Å²) in [5.74, 6) is 0. The molecule has 0 spiro atoms. The minimum absolute atomic E-state index is 0.980. The van der Waals surface area contributed by atoms with E-state index in [1.807, 2.05) is 0 Å². The van der Waals surface area contributed by atoms with E-state index in [1.165, 1.54) is 50.2 Å².